The summed E-state index contributed by atoms with van der Waals surface area (Å²) in [6.45, 7) is 1.83. The molecule has 6 nitrogen and oxygen atoms in total. The van der Waals surface area contributed by atoms with Crippen molar-refractivity contribution in [3.05, 3.63) is 29.3 Å². The van der Waals surface area contributed by atoms with E-state index in [2.05, 4.69) is 4.90 Å². The number of anilines is 1. The summed E-state index contributed by atoms with van der Waals surface area (Å²) in [6.07, 6.45) is 0.640. The van der Waals surface area contributed by atoms with Gasteiger partial charge < -0.3 is 11.5 Å². The van der Waals surface area contributed by atoms with Gasteiger partial charge in [0, 0.05) is 24.3 Å². The van der Waals surface area contributed by atoms with Crippen molar-refractivity contribution < 1.29 is 13.2 Å². The summed E-state index contributed by atoms with van der Waals surface area (Å²) in [6, 6.07) is 4.98. The van der Waals surface area contributed by atoms with Crippen LogP contribution in [0.25, 0.3) is 0 Å². The van der Waals surface area contributed by atoms with Gasteiger partial charge in [0.25, 0.3) is 0 Å². The SMILES string of the molecule is NC(=O)c1ccc(CN2CCCS(=O)(=O)CC2)c(N)c1. The molecule has 0 atom stereocenters. The van der Waals surface area contributed by atoms with E-state index in [-0.39, 0.29) is 11.5 Å². The van der Waals surface area contributed by atoms with E-state index in [1.807, 2.05) is 0 Å². The lowest BCUT2D eigenvalue weighted by atomic mass is 10.1. The molecule has 1 aliphatic heterocycles. The Morgan fingerprint density at radius 1 is 1.25 bits per heavy atom. The number of hydrogen-bond donors (Lipinski definition) is 2. The van der Waals surface area contributed by atoms with E-state index in [0.29, 0.717) is 30.8 Å². The highest BCUT2D eigenvalue weighted by atomic mass is 32.2. The van der Waals surface area contributed by atoms with E-state index >= 15 is 0 Å². The molecule has 0 saturated carbocycles. The van der Waals surface area contributed by atoms with E-state index in [4.69, 9.17) is 11.5 Å². The topological polar surface area (TPSA) is 106 Å². The monoisotopic (exact) mass is 297 g/mol. The van der Waals surface area contributed by atoms with Crippen molar-refractivity contribution in [1.82, 2.24) is 4.90 Å². The number of amides is 1. The summed E-state index contributed by atoms with van der Waals surface area (Å²) in [7, 11) is -2.91. The molecule has 1 fully saturated rings. The van der Waals surface area contributed by atoms with Gasteiger partial charge in [0.05, 0.1) is 11.5 Å². The second-order valence-corrected chi connectivity index (χ2v) is 7.36. The van der Waals surface area contributed by atoms with Gasteiger partial charge in [-0.05, 0) is 30.7 Å². The summed E-state index contributed by atoms with van der Waals surface area (Å²) >= 11 is 0. The number of carbonyl (C=O) groups excluding carboxylic acids is 1. The van der Waals surface area contributed by atoms with E-state index < -0.39 is 15.7 Å². The molecule has 1 saturated heterocycles. The summed E-state index contributed by atoms with van der Waals surface area (Å²) < 4.78 is 23.1. The molecule has 4 N–H and O–H groups in total. The highest BCUT2D eigenvalue weighted by Crippen LogP contribution is 2.17. The van der Waals surface area contributed by atoms with Gasteiger partial charge in [0.15, 0.2) is 9.84 Å². The Morgan fingerprint density at radius 3 is 2.65 bits per heavy atom. The lowest BCUT2D eigenvalue weighted by Crippen LogP contribution is -2.27. The number of nitrogen functional groups attached to an aromatic ring is 1. The van der Waals surface area contributed by atoms with Crippen molar-refractivity contribution in [3.63, 3.8) is 0 Å². The first kappa shape index (κ1) is 14.8. The Morgan fingerprint density at radius 2 is 2.00 bits per heavy atom. The normalized spacial score (nSPS) is 19.4. The average molecular weight is 297 g/mol. The number of hydrogen-bond acceptors (Lipinski definition) is 5. The van der Waals surface area contributed by atoms with Crippen LogP contribution in [-0.2, 0) is 16.4 Å². The maximum Gasteiger partial charge on any atom is 0.248 e. The van der Waals surface area contributed by atoms with Gasteiger partial charge in [-0.2, -0.15) is 0 Å². The molecular weight excluding hydrogens is 278 g/mol. The zero-order chi connectivity index (χ0) is 14.8. The Bertz CT molecular complexity index is 613. The molecule has 0 bridgehead atoms. The highest BCUT2D eigenvalue weighted by molar-refractivity contribution is 7.91. The molecule has 110 valence electrons. The number of nitrogens with zero attached hydrogens (tertiary/aromatic N) is 1. The molecule has 0 aromatic heterocycles. The van der Waals surface area contributed by atoms with Crippen molar-refractivity contribution in [2.24, 2.45) is 5.73 Å². The predicted molar refractivity (Wildman–Crippen MR) is 77.9 cm³/mol. The highest BCUT2D eigenvalue weighted by Gasteiger charge is 2.19. The van der Waals surface area contributed by atoms with Crippen LogP contribution in [0.15, 0.2) is 18.2 Å². The third-order valence-corrected chi connectivity index (χ3v) is 5.19. The Hall–Kier alpha value is -1.60. The van der Waals surface area contributed by atoms with Crippen molar-refractivity contribution in [1.29, 1.82) is 0 Å². The van der Waals surface area contributed by atoms with E-state index in [9.17, 15) is 13.2 Å². The van der Waals surface area contributed by atoms with Gasteiger partial charge in [-0.3, -0.25) is 9.69 Å². The van der Waals surface area contributed by atoms with Crippen molar-refractivity contribution in [3.8, 4) is 0 Å². The molecule has 0 unspecified atom stereocenters. The molecule has 7 heteroatoms. The lowest BCUT2D eigenvalue weighted by Gasteiger charge is -2.20. The minimum atomic E-state index is -2.91. The number of sulfone groups is 1. The van der Waals surface area contributed by atoms with Crippen LogP contribution in [-0.4, -0.2) is 43.8 Å². The summed E-state index contributed by atoms with van der Waals surface area (Å²) in [4.78, 5) is 13.1. The van der Waals surface area contributed by atoms with Gasteiger partial charge >= 0.3 is 0 Å². The van der Waals surface area contributed by atoms with Crippen LogP contribution in [0.2, 0.25) is 0 Å². The first-order chi connectivity index (χ1) is 9.37. The van der Waals surface area contributed by atoms with Crippen LogP contribution in [0.1, 0.15) is 22.3 Å². The van der Waals surface area contributed by atoms with Crippen molar-refractivity contribution in [2.75, 3.05) is 30.3 Å². The molecule has 1 aromatic rings. The molecule has 0 spiro atoms. The second-order valence-electron chi connectivity index (χ2n) is 5.06. The Labute approximate surface area is 118 Å². The molecular formula is C13H19N3O3S. The first-order valence-electron chi connectivity index (χ1n) is 6.48. The minimum absolute atomic E-state index is 0.187. The average Bonchev–Trinajstić information content (AvgIpc) is 2.53. The largest absolute Gasteiger partial charge is 0.398 e. The maximum atomic E-state index is 11.6. The fourth-order valence-corrected chi connectivity index (χ4v) is 3.59. The van der Waals surface area contributed by atoms with Gasteiger partial charge in [0.1, 0.15) is 0 Å². The molecule has 1 aromatic carbocycles. The van der Waals surface area contributed by atoms with Crippen molar-refractivity contribution >= 4 is 21.4 Å². The quantitative estimate of drug-likeness (QED) is 0.763. The molecule has 1 amide bonds. The Kier molecular flexibility index (Phi) is 4.29. The lowest BCUT2D eigenvalue weighted by molar-refractivity contribution is 0.100. The third kappa shape index (κ3) is 3.71. The van der Waals surface area contributed by atoms with Crippen LogP contribution >= 0.6 is 0 Å². The first-order valence-corrected chi connectivity index (χ1v) is 8.30. The number of primary amides is 1. The maximum absolute atomic E-state index is 11.6. The molecule has 1 heterocycles. The molecule has 1 aliphatic rings. The molecule has 2 rings (SSSR count). The van der Waals surface area contributed by atoms with Crippen LogP contribution < -0.4 is 11.5 Å². The zero-order valence-corrected chi connectivity index (χ0v) is 12.0. The van der Waals surface area contributed by atoms with Crippen LogP contribution in [0, 0.1) is 0 Å². The number of nitrogens with two attached hydrogens (primary N) is 2. The zero-order valence-electron chi connectivity index (χ0n) is 11.2. The predicted octanol–water partition coefficient (Wildman–Crippen LogP) is -0.0118. The van der Waals surface area contributed by atoms with E-state index in [1.54, 1.807) is 18.2 Å². The second kappa shape index (κ2) is 5.80. The Balaban J connectivity index is 2.08. The minimum Gasteiger partial charge on any atom is -0.398 e. The molecule has 0 radical (unpaired) electrons. The fraction of sp³-hybridized carbons (Fsp3) is 0.462. The smallest absolute Gasteiger partial charge is 0.248 e. The van der Waals surface area contributed by atoms with Crippen LogP contribution in [0.5, 0.6) is 0 Å². The van der Waals surface area contributed by atoms with E-state index in [0.717, 1.165) is 12.1 Å². The van der Waals surface area contributed by atoms with Gasteiger partial charge in [-0.1, -0.05) is 6.07 Å². The molecule has 0 aliphatic carbocycles. The summed E-state index contributed by atoms with van der Waals surface area (Å²) in [5, 5.41) is 0. The fourth-order valence-electron chi connectivity index (χ4n) is 2.28. The summed E-state index contributed by atoms with van der Waals surface area (Å²) in [5.74, 6) is -0.0737. The molecule has 20 heavy (non-hydrogen) atoms. The third-order valence-electron chi connectivity index (χ3n) is 3.47. The van der Waals surface area contributed by atoms with Crippen molar-refractivity contribution in [2.45, 2.75) is 13.0 Å². The van der Waals surface area contributed by atoms with Gasteiger partial charge in [-0.15, -0.1) is 0 Å². The summed E-state index contributed by atoms with van der Waals surface area (Å²) in [5.41, 5.74) is 12.9. The van der Waals surface area contributed by atoms with E-state index in [1.165, 1.54) is 0 Å². The van der Waals surface area contributed by atoms with Gasteiger partial charge in [-0.25, -0.2) is 8.42 Å². The number of carbonyl (C=O) groups is 1. The number of rotatable bonds is 3. The standard InChI is InChI=1S/C13H19N3O3S/c14-12-8-10(13(15)17)2-3-11(12)9-16-4-1-6-20(18,19)7-5-16/h2-3,8H,1,4-7,9,14H2,(H2,15,17). The van der Waals surface area contributed by atoms with Crippen LogP contribution in [0.3, 0.4) is 0 Å². The van der Waals surface area contributed by atoms with Crippen LogP contribution in [0.4, 0.5) is 5.69 Å². The number of benzene rings is 1. The van der Waals surface area contributed by atoms with Gasteiger partial charge in [0.2, 0.25) is 5.91 Å².